The van der Waals surface area contributed by atoms with Gasteiger partial charge in [-0.1, -0.05) is 108 Å². The zero-order valence-electron chi connectivity index (χ0n) is 22.8. The first-order valence-electron chi connectivity index (χ1n) is 14.6. The molecular formula is C34H48N2. The van der Waals surface area contributed by atoms with Crippen LogP contribution in [0.1, 0.15) is 102 Å². The van der Waals surface area contributed by atoms with Gasteiger partial charge in [-0.25, -0.2) is 0 Å². The molecule has 0 unspecified atom stereocenters. The van der Waals surface area contributed by atoms with Gasteiger partial charge in [0, 0.05) is 22.7 Å². The molecule has 0 aromatic heterocycles. The highest BCUT2D eigenvalue weighted by Gasteiger charge is 2.01. The van der Waals surface area contributed by atoms with Crippen molar-refractivity contribution in [3.63, 3.8) is 0 Å². The van der Waals surface area contributed by atoms with Crippen LogP contribution >= 0.6 is 0 Å². The SMILES string of the molecule is CCCCCCCCc1ccc(Nc2cccc(Nc3ccc(CCCCCCCC)cc3)c2)cc1. The van der Waals surface area contributed by atoms with Gasteiger partial charge in [-0.05, 0) is 79.3 Å². The number of unbranched alkanes of at least 4 members (excludes halogenated alkanes) is 10. The second-order valence-electron chi connectivity index (χ2n) is 10.3. The molecule has 0 bridgehead atoms. The van der Waals surface area contributed by atoms with E-state index in [4.69, 9.17) is 0 Å². The molecule has 2 nitrogen and oxygen atoms in total. The van der Waals surface area contributed by atoms with Crippen molar-refractivity contribution in [1.29, 1.82) is 0 Å². The summed E-state index contributed by atoms with van der Waals surface area (Å²) in [6.45, 7) is 4.55. The monoisotopic (exact) mass is 484 g/mol. The molecule has 2 N–H and O–H groups in total. The van der Waals surface area contributed by atoms with Crippen LogP contribution in [0, 0.1) is 0 Å². The summed E-state index contributed by atoms with van der Waals surface area (Å²) >= 11 is 0. The zero-order valence-corrected chi connectivity index (χ0v) is 22.8. The molecule has 0 saturated carbocycles. The Bertz CT molecular complexity index is 882. The highest BCUT2D eigenvalue weighted by molar-refractivity contribution is 5.68. The summed E-state index contributed by atoms with van der Waals surface area (Å²) in [6.07, 6.45) is 18.6. The fourth-order valence-corrected chi connectivity index (χ4v) is 4.74. The lowest BCUT2D eigenvalue weighted by Crippen LogP contribution is -1.95. The van der Waals surface area contributed by atoms with Gasteiger partial charge in [0.05, 0.1) is 0 Å². The van der Waals surface area contributed by atoms with Gasteiger partial charge in [-0.3, -0.25) is 0 Å². The van der Waals surface area contributed by atoms with Crippen LogP contribution in [0.5, 0.6) is 0 Å². The number of hydrogen-bond acceptors (Lipinski definition) is 2. The lowest BCUT2D eigenvalue weighted by Gasteiger charge is -2.12. The van der Waals surface area contributed by atoms with Crippen LogP contribution in [-0.2, 0) is 12.8 Å². The first-order chi connectivity index (χ1) is 17.8. The van der Waals surface area contributed by atoms with E-state index >= 15 is 0 Å². The van der Waals surface area contributed by atoms with Crippen LogP contribution < -0.4 is 10.6 Å². The van der Waals surface area contributed by atoms with Gasteiger partial charge in [0.25, 0.3) is 0 Å². The fourth-order valence-electron chi connectivity index (χ4n) is 4.74. The summed E-state index contributed by atoms with van der Waals surface area (Å²) in [5, 5.41) is 7.12. The number of aryl methyl sites for hydroxylation is 2. The Labute approximate surface area is 220 Å². The Kier molecular flexibility index (Phi) is 13.0. The summed E-state index contributed by atoms with van der Waals surface area (Å²) in [4.78, 5) is 0. The molecule has 3 aromatic rings. The smallest absolute Gasteiger partial charge is 0.0405 e. The lowest BCUT2D eigenvalue weighted by atomic mass is 10.0. The number of anilines is 4. The topological polar surface area (TPSA) is 24.1 Å². The molecule has 0 amide bonds. The van der Waals surface area contributed by atoms with E-state index < -0.39 is 0 Å². The largest absolute Gasteiger partial charge is 0.355 e. The lowest BCUT2D eigenvalue weighted by molar-refractivity contribution is 0.607. The molecule has 2 heteroatoms. The third kappa shape index (κ3) is 10.9. The quantitative estimate of drug-likeness (QED) is 0.175. The number of nitrogens with one attached hydrogen (secondary N) is 2. The molecule has 0 heterocycles. The summed E-state index contributed by atoms with van der Waals surface area (Å²) in [5.74, 6) is 0. The molecule has 0 atom stereocenters. The first-order valence-corrected chi connectivity index (χ1v) is 14.6. The van der Waals surface area contributed by atoms with Crippen molar-refractivity contribution in [3.8, 4) is 0 Å². The summed E-state index contributed by atoms with van der Waals surface area (Å²) in [6, 6.07) is 26.4. The van der Waals surface area contributed by atoms with E-state index in [0.717, 1.165) is 22.7 Å². The molecule has 0 aliphatic heterocycles. The van der Waals surface area contributed by atoms with Crippen molar-refractivity contribution >= 4 is 22.7 Å². The predicted molar refractivity (Wildman–Crippen MR) is 160 cm³/mol. The Morgan fingerprint density at radius 1 is 0.417 bits per heavy atom. The predicted octanol–water partition coefficient (Wildman–Crippen LogP) is 11.0. The van der Waals surface area contributed by atoms with E-state index in [9.17, 15) is 0 Å². The maximum atomic E-state index is 3.56. The van der Waals surface area contributed by atoms with Crippen molar-refractivity contribution < 1.29 is 0 Å². The van der Waals surface area contributed by atoms with Gasteiger partial charge in [0.15, 0.2) is 0 Å². The van der Waals surface area contributed by atoms with Gasteiger partial charge < -0.3 is 10.6 Å². The van der Waals surface area contributed by atoms with E-state index in [0.29, 0.717) is 0 Å². The van der Waals surface area contributed by atoms with Gasteiger partial charge >= 0.3 is 0 Å². The highest BCUT2D eigenvalue weighted by Crippen LogP contribution is 2.24. The van der Waals surface area contributed by atoms with Crippen LogP contribution in [0.15, 0.2) is 72.8 Å². The number of hydrogen-bond donors (Lipinski definition) is 2. The molecule has 0 radical (unpaired) electrons. The molecule has 3 aromatic carbocycles. The Hall–Kier alpha value is -2.74. The zero-order chi connectivity index (χ0) is 25.3. The minimum Gasteiger partial charge on any atom is -0.355 e. The fraction of sp³-hybridized carbons (Fsp3) is 0.471. The Morgan fingerprint density at radius 3 is 1.22 bits per heavy atom. The first kappa shape index (κ1) is 27.8. The molecule has 36 heavy (non-hydrogen) atoms. The van der Waals surface area contributed by atoms with Gasteiger partial charge in [-0.15, -0.1) is 0 Å². The molecule has 0 spiro atoms. The molecule has 0 aliphatic rings. The Balaban J connectivity index is 1.42. The van der Waals surface area contributed by atoms with E-state index in [1.807, 2.05) is 0 Å². The van der Waals surface area contributed by atoms with Crippen LogP contribution in [0.4, 0.5) is 22.7 Å². The second kappa shape index (κ2) is 16.8. The van der Waals surface area contributed by atoms with Gasteiger partial charge in [0.2, 0.25) is 0 Å². The van der Waals surface area contributed by atoms with Crippen molar-refractivity contribution in [2.75, 3.05) is 10.6 Å². The summed E-state index contributed by atoms with van der Waals surface area (Å²) < 4.78 is 0. The minimum absolute atomic E-state index is 1.10. The third-order valence-corrected chi connectivity index (χ3v) is 6.99. The van der Waals surface area contributed by atoms with Crippen molar-refractivity contribution in [1.82, 2.24) is 0 Å². The van der Waals surface area contributed by atoms with Crippen LogP contribution in [-0.4, -0.2) is 0 Å². The van der Waals surface area contributed by atoms with Gasteiger partial charge in [0.1, 0.15) is 0 Å². The van der Waals surface area contributed by atoms with Crippen LogP contribution in [0.2, 0.25) is 0 Å². The maximum Gasteiger partial charge on any atom is 0.0405 e. The molecular weight excluding hydrogens is 436 g/mol. The molecule has 0 aliphatic carbocycles. The third-order valence-electron chi connectivity index (χ3n) is 6.99. The standard InChI is InChI=1S/C34H48N2/c1-3-5-7-9-11-13-16-29-20-24-31(25-21-29)35-33-18-15-19-34(28-33)36-32-26-22-30(23-27-32)17-14-12-10-8-6-4-2/h15,18-28,35-36H,3-14,16-17H2,1-2H3. The van der Waals surface area contributed by atoms with E-state index in [2.05, 4.69) is 97.3 Å². The minimum atomic E-state index is 1.10. The van der Waals surface area contributed by atoms with E-state index in [1.165, 1.54) is 101 Å². The highest BCUT2D eigenvalue weighted by atomic mass is 14.9. The van der Waals surface area contributed by atoms with Crippen LogP contribution in [0.25, 0.3) is 0 Å². The summed E-state index contributed by atoms with van der Waals surface area (Å²) in [7, 11) is 0. The second-order valence-corrected chi connectivity index (χ2v) is 10.3. The van der Waals surface area contributed by atoms with Gasteiger partial charge in [-0.2, -0.15) is 0 Å². The molecule has 3 rings (SSSR count). The molecule has 0 saturated heterocycles. The normalized spacial score (nSPS) is 10.9. The van der Waals surface area contributed by atoms with Crippen molar-refractivity contribution in [2.45, 2.75) is 104 Å². The van der Waals surface area contributed by atoms with Crippen LogP contribution in [0.3, 0.4) is 0 Å². The number of rotatable bonds is 18. The van der Waals surface area contributed by atoms with E-state index in [-0.39, 0.29) is 0 Å². The van der Waals surface area contributed by atoms with Crippen molar-refractivity contribution in [2.24, 2.45) is 0 Å². The molecule has 0 fully saturated rings. The average Bonchev–Trinajstić information content (AvgIpc) is 2.90. The molecule has 194 valence electrons. The average molecular weight is 485 g/mol. The van der Waals surface area contributed by atoms with E-state index in [1.54, 1.807) is 0 Å². The number of benzene rings is 3. The summed E-state index contributed by atoms with van der Waals surface area (Å²) in [5.41, 5.74) is 7.35. The maximum absolute atomic E-state index is 3.56. The Morgan fingerprint density at radius 2 is 0.806 bits per heavy atom. The van der Waals surface area contributed by atoms with Crippen molar-refractivity contribution in [3.05, 3.63) is 83.9 Å².